The zero-order valence-corrected chi connectivity index (χ0v) is 12.2. The third-order valence-electron chi connectivity index (χ3n) is 2.71. The first-order chi connectivity index (χ1) is 8.56. The Kier molecular flexibility index (Phi) is 4.45. The van der Waals surface area contributed by atoms with Gasteiger partial charge in [0.1, 0.15) is 11.6 Å². The van der Waals surface area contributed by atoms with Gasteiger partial charge >= 0.3 is 12.1 Å². The van der Waals surface area contributed by atoms with E-state index >= 15 is 0 Å². The number of ether oxygens (including phenoxy) is 2. The Morgan fingerprint density at radius 1 is 1.42 bits per heavy atom. The van der Waals surface area contributed by atoms with Crippen LogP contribution in [0.1, 0.15) is 41.0 Å². The average molecular weight is 273 g/mol. The van der Waals surface area contributed by atoms with Crippen LogP contribution in [0.15, 0.2) is 0 Å². The van der Waals surface area contributed by atoms with Crippen molar-refractivity contribution in [1.29, 1.82) is 0 Å². The van der Waals surface area contributed by atoms with E-state index in [-0.39, 0.29) is 19.6 Å². The second kappa shape index (κ2) is 5.36. The maximum absolute atomic E-state index is 12.1. The van der Waals surface area contributed by atoms with Crippen LogP contribution in [-0.2, 0) is 14.3 Å². The van der Waals surface area contributed by atoms with Crippen molar-refractivity contribution >= 4 is 12.1 Å². The summed E-state index contributed by atoms with van der Waals surface area (Å²) in [5, 5.41) is 10.0. The smallest absolute Gasteiger partial charge is 0.411 e. The fourth-order valence-corrected chi connectivity index (χ4v) is 2.03. The molecule has 1 amide bonds. The second-order valence-corrected chi connectivity index (χ2v) is 6.08. The molecule has 0 aromatic heterocycles. The fraction of sp³-hybridized carbons (Fsp3) is 0.846. The predicted octanol–water partition coefficient (Wildman–Crippen LogP) is 1.31. The Morgan fingerprint density at radius 2 is 2.00 bits per heavy atom. The second-order valence-electron chi connectivity index (χ2n) is 6.08. The van der Waals surface area contributed by atoms with Gasteiger partial charge in [0.05, 0.1) is 18.8 Å². The van der Waals surface area contributed by atoms with E-state index in [1.54, 1.807) is 34.6 Å². The van der Waals surface area contributed by atoms with Gasteiger partial charge in [-0.1, -0.05) is 0 Å². The van der Waals surface area contributed by atoms with Crippen molar-refractivity contribution < 1.29 is 24.2 Å². The summed E-state index contributed by atoms with van der Waals surface area (Å²) in [5.74, 6) is -0.508. The number of aliphatic hydroxyl groups is 1. The van der Waals surface area contributed by atoms with Crippen LogP contribution in [0, 0.1) is 0 Å². The van der Waals surface area contributed by atoms with Gasteiger partial charge in [-0.15, -0.1) is 0 Å². The van der Waals surface area contributed by atoms with Crippen LogP contribution in [-0.4, -0.2) is 52.5 Å². The SMILES string of the molecule is CCOC(=O)[C@@H]1CC(C)(O)CN1C(=O)OC(C)(C)C. The van der Waals surface area contributed by atoms with Crippen molar-refractivity contribution in [2.24, 2.45) is 0 Å². The molecule has 6 heteroatoms. The molecule has 0 aromatic carbocycles. The summed E-state index contributed by atoms with van der Waals surface area (Å²) >= 11 is 0. The Hall–Kier alpha value is -1.30. The van der Waals surface area contributed by atoms with Crippen molar-refractivity contribution in [2.75, 3.05) is 13.2 Å². The Morgan fingerprint density at radius 3 is 2.47 bits per heavy atom. The monoisotopic (exact) mass is 273 g/mol. The summed E-state index contributed by atoms with van der Waals surface area (Å²) in [6.45, 7) is 8.83. The molecule has 19 heavy (non-hydrogen) atoms. The van der Waals surface area contributed by atoms with Crippen LogP contribution >= 0.6 is 0 Å². The number of amides is 1. The average Bonchev–Trinajstić information content (AvgIpc) is 2.52. The quantitative estimate of drug-likeness (QED) is 0.768. The molecule has 1 rings (SSSR count). The molecule has 0 radical (unpaired) electrons. The summed E-state index contributed by atoms with van der Waals surface area (Å²) in [6.07, 6.45) is -0.450. The van der Waals surface area contributed by atoms with Gasteiger partial charge in [0.15, 0.2) is 0 Å². The van der Waals surface area contributed by atoms with Crippen molar-refractivity contribution in [1.82, 2.24) is 4.90 Å². The van der Waals surface area contributed by atoms with Gasteiger partial charge in [-0.2, -0.15) is 0 Å². The largest absolute Gasteiger partial charge is 0.464 e. The third kappa shape index (κ3) is 4.38. The van der Waals surface area contributed by atoms with Crippen molar-refractivity contribution in [3.8, 4) is 0 Å². The van der Waals surface area contributed by atoms with Gasteiger partial charge in [-0.25, -0.2) is 9.59 Å². The van der Waals surface area contributed by atoms with E-state index in [4.69, 9.17) is 9.47 Å². The third-order valence-corrected chi connectivity index (χ3v) is 2.71. The first-order valence-electron chi connectivity index (χ1n) is 6.44. The lowest BCUT2D eigenvalue weighted by molar-refractivity contribution is -0.148. The molecule has 1 fully saturated rings. The van der Waals surface area contributed by atoms with E-state index in [2.05, 4.69) is 0 Å². The standard InChI is InChI=1S/C13H23NO5/c1-6-18-10(15)9-7-13(5,17)8-14(9)11(16)19-12(2,3)4/h9,17H,6-8H2,1-5H3/t9-,13?/m0/s1. The van der Waals surface area contributed by atoms with E-state index in [0.29, 0.717) is 0 Å². The first-order valence-corrected chi connectivity index (χ1v) is 6.44. The molecular weight excluding hydrogens is 250 g/mol. The van der Waals surface area contributed by atoms with Gasteiger partial charge in [0, 0.05) is 6.42 Å². The summed E-state index contributed by atoms with van der Waals surface area (Å²) in [7, 11) is 0. The van der Waals surface area contributed by atoms with Gasteiger partial charge in [-0.3, -0.25) is 4.90 Å². The molecule has 110 valence electrons. The van der Waals surface area contributed by atoms with E-state index in [1.807, 2.05) is 0 Å². The highest BCUT2D eigenvalue weighted by Gasteiger charge is 2.47. The molecule has 6 nitrogen and oxygen atoms in total. The number of likely N-dealkylation sites (tertiary alicyclic amines) is 1. The van der Waals surface area contributed by atoms with Crippen LogP contribution in [0.25, 0.3) is 0 Å². The number of carbonyl (C=O) groups is 2. The number of carbonyl (C=O) groups excluding carboxylic acids is 2. The van der Waals surface area contributed by atoms with E-state index in [0.717, 1.165) is 0 Å². The van der Waals surface area contributed by atoms with Crippen LogP contribution in [0.2, 0.25) is 0 Å². The molecule has 0 bridgehead atoms. The molecule has 1 aliphatic heterocycles. The lowest BCUT2D eigenvalue weighted by Gasteiger charge is -2.27. The maximum Gasteiger partial charge on any atom is 0.411 e. The predicted molar refractivity (Wildman–Crippen MR) is 68.6 cm³/mol. The molecular formula is C13H23NO5. The fourth-order valence-electron chi connectivity index (χ4n) is 2.03. The normalized spacial score (nSPS) is 27.3. The van der Waals surface area contributed by atoms with Crippen molar-refractivity contribution in [3.05, 3.63) is 0 Å². The van der Waals surface area contributed by atoms with Gasteiger partial charge in [0.25, 0.3) is 0 Å². The van der Waals surface area contributed by atoms with Crippen LogP contribution in [0.3, 0.4) is 0 Å². The van der Waals surface area contributed by atoms with Crippen LogP contribution in [0.5, 0.6) is 0 Å². The lowest BCUT2D eigenvalue weighted by atomic mass is 10.0. The molecule has 0 spiro atoms. The van der Waals surface area contributed by atoms with E-state index in [9.17, 15) is 14.7 Å². The molecule has 0 aromatic rings. The molecule has 1 saturated heterocycles. The Bertz CT molecular complexity index is 359. The first kappa shape index (κ1) is 15.8. The number of hydrogen-bond donors (Lipinski definition) is 1. The minimum atomic E-state index is -1.10. The Labute approximate surface area is 113 Å². The summed E-state index contributed by atoms with van der Waals surface area (Å²) in [5.41, 5.74) is -1.75. The molecule has 1 unspecified atom stereocenters. The zero-order valence-electron chi connectivity index (χ0n) is 12.2. The number of rotatable bonds is 2. The Balaban J connectivity index is 2.83. The van der Waals surface area contributed by atoms with Gasteiger partial charge in [-0.05, 0) is 34.6 Å². The summed E-state index contributed by atoms with van der Waals surface area (Å²) in [4.78, 5) is 25.1. The molecule has 0 saturated carbocycles. The lowest BCUT2D eigenvalue weighted by Crippen LogP contribution is -2.44. The number of nitrogens with zero attached hydrogens (tertiary/aromatic N) is 1. The van der Waals surface area contributed by atoms with Crippen LogP contribution in [0.4, 0.5) is 4.79 Å². The van der Waals surface area contributed by atoms with Gasteiger partial charge in [0.2, 0.25) is 0 Å². The molecule has 1 aliphatic rings. The molecule has 1 N–H and O–H groups in total. The van der Waals surface area contributed by atoms with Crippen LogP contribution < -0.4 is 0 Å². The van der Waals surface area contributed by atoms with Gasteiger partial charge < -0.3 is 14.6 Å². The van der Waals surface area contributed by atoms with Crippen molar-refractivity contribution in [2.45, 2.75) is 58.3 Å². The number of hydrogen-bond acceptors (Lipinski definition) is 5. The minimum absolute atomic E-state index is 0.0609. The number of β-amino-alcohol motifs (C(OH)–C–C–N with tert-alkyl or cyclic N) is 1. The topological polar surface area (TPSA) is 76.1 Å². The van der Waals surface area contributed by atoms with Crippen molar-refractivity contribution in [3.63, 3.8) is 0 Å². The highest BCUT2D eigenvalue weighted by molar-refractivity contribution is 5.82. The number of esters is 1. The molecule has 1 heterocycles. The van der Waals surface area contributed by atoms with E-state index in [1.165, 1.54) is 4.90 Å². The molecule has 2 atom stereocenters. The summed E-state index contributed by atoms with van der Waals surface area (Å²) < 4.78 is 10.2. The highest BCUT2D eigenvalue weighted by atomic mass is 16.6. The minimum Gasteiger partial charge on any atom is -0.464 e. The maximum atomic E-state index is 12.1. The highest BCUT2D eigenvalue weighted by Crippen LogP contribution is 2.29. The zero-order chi connectivity index (χ0) is 14.8. The van der Waals surface area contributed by atoms with E-state index < -0.39 is 29.3 Å². The molecule has 0 aliphatic carbocycles. The summed E-state index contributed by atoms with van der Waals surface area (Å²) in [6, 6.07) is -0.787.